The summed E-state index contributed by atoms with van der Waals surface area (Å²) in [5.41, 5.74) is 1.20. The monoisotopic (exact) mass is 624 g/mol. The number of amides is 2. The Balaban J connectivity index is 1.17. The number of fused-ring (bicyclic) bond motifs is 1. The molecule has 2 fully saturated rings. The van der Waals surface area contributed by atoms with Crippen LogP contribution in [0.15, 0.2) is 48.1 Å². The average molecular weight is 625 g/mol. The molecule has 2 amide bonds. The van der Waals surface area contributed by atoms with Gasteiger partial charge in [-0.1, -0.05) is 6.07 Å². The van der Waals surface area contributed by atoms with Gasteiger partial charge in [0, 0.05) is 41.4 Å². The Morgan fingerprint density at radius 2 is 1.77 bits per heavy atom. The second kappa shape index (κ2) is 12.0. The van der Waals surface area contributed by atoms with Gasteiger partial charge in [0.15, 0.2) is 0 Å². The molecule has 1 saturated carbocycles. The standard InChI is InChI=1S/C31H31F3N6O3S/c1-17-3-4-18(13-24(17)39-30(42)22-15-44-27-26(22)35-16-36-28(27)37-19-5-6-19)29(41)38-20-7-8-25(23(14-20)31(32,33)34)43-21-9-11-40(2)12-10-21/h3-4,7-8,13-16,19,21H,5-6,9-12H2,1-2H3,(H,38,41)(H,39,42)(H,35,36,37). The fourth-order valence-corrected chi connectivity index (χ4v) is 5.99. The predicted octanol–water partition coefficient (Wildman–Crippen LogP) is 6.57. The quantitative estimate of drug-likeness (QED) is 0.204. The van der Waals surface area contributed by atoms with Crippen molar-refractivity contribution in [3.63, 3.8) is 0 Å². The fourth-order valence-electron chi connectivity index (χ4n) is 5.04. The molecule has 1 saturated heterocycles. The maximum atomic E-state index is 14.0. The third-order valence-corrected chi connectivity index (χ3v) is 8.74. The number of rotatable bonds is 8. The highest BCUT2D eigenvalue weighted by atomic mass is 32.1. The van der Waals surface area contributed by atoms with Crippen LogP contribution in [0.1, 0.15) is 57.5 Å². The fraction of sp³-hybridized carbons (Fsp3) is 0.355. The normalized spacial score (nSPS) is 16.1. The molecule has 1 aliphatic carbocycles. The summed E-state index contributed by atoms with van der Waals surface area (Å²) >= 11 is 1.37. The topological polar surface area (TPSA) is 108 Å². The van der Waals surface area contributed by atoms with Crippen LogP contribution in [-0.2, 0) is 6.18 Å². The number of carbonyl (C=O) groups is 2. The van der Waals surface area contributed by atoms with Crippen molar-refractivity contribution in [2.24, 2.45) is 0 Å². The molecule has 1 aliphatic heterocycles. The molecular formula is C31H31F3N6O3S. The number of anilines is 3. The lowest BCUT2D eigenvalue weighted by Gasteiger charge is -2.30. The minimum Gasteiger partial charge on any atom is -0.490 e. The number of hydrogen-bond donors (Lipinski definition) is 3. The van der Waals surface area contributed by atoms with E-state index in [4.69, 9.17) is 4.74 Å². The van der Waals surface area contributed by atoms with Gasteiger partial charge in [0.2, 0.25) is 0 Å². The van der Waals surface area contributed by atoms with Crippen molar-refractivity contribution in [1.82, 2.24) is 14.9 Å². The van der Waals surface area contributed by atoms with Crippen LogP contribution < -0.4 is 20.7 Å². The molecule has 2 aromatic heterocycles. The largest absolute Gasteiger partial charge is 0.490 e. The first-order valence-electron chi connectivity index (χ1n) is 14.3. The van der Waals surface area contributed by atoms with E-state index in [9.17, 15) is 22.8 Å². The number of nitrogens with zero attached hydrogens (tertiary/aromatic N) is 3. The van der Waals surface area contributed by atoms with Crippen LogP contribution in [0, 0.1) is 6.92 Å². The first-order chi connectivity index (χ1) is 21.0. The van der Waals surface area contributed by atoms with Crippen molar-refractivity contribution in [3.8, 4) is 5.75 Å². The summed E-state index contributed by atoms with van der Waals surface area (Å²) in [6.07, 6.45) is -0.139. The zero-order chi connectivity index (χ0) is 31.0. The van der Waals surface area contributed by atoms with Crippen LogP contribution in [0.25, 0.3) is 10.2 Å². The summed E-state index contributed by atoms with van der Waals surface area (Å²) in [6.45, 7) is 3.27. The van der Waals surface area contributed by atoms with Crippen molar-refractivity contribution < 1.29 is 27.5 Å². The summed E-state index contributed by atoms with van der Waals surface area (Å²) < 4.78 is 48.4. The van der Waals surface area contributed by atoms with E-state index in [0.717, 1.165) is 36.7 Å². The van der Waals surface area contributed by atoms with Crippen LogP contribution in [0.3, 0.4) is 0 Å². The number of thiophene rings is 1. The number of piperidine rings is 1. The Morgan fingerprint density at radius 1 is 1.00 bits per heavy atom. The smallest absolute Gasteiger partial charge is 0.420 e. The molecule has 4 aromatic rings. The number of hydrogen-bond acceptors (Lipinski definition) is 8. The molecule has 6 rings (SSSR count). The summed E-state index contributed by atoms with van der Waals surface area (Å²) in [7, 11) is 1.96. The van der Waals surface area contributed by atoms with E-state index < -0.39 is 23.6 Å². The number of nitrogens with one attached hydrogen (secondary N) is 3. The van der Waals surface area contributed by atoms with Crippen LogP contribution in [-0.4, -0.2) is 59.0 Å². The van der Waals surface area contributed by atoms with Gasteiger partial charge < -0.3 is 25.6 Å². The number of likely N-dealkylation sites (tertiary alicyclic amines) is 1. The molecule has 3 heterocycles. The number of aryl methyl sites for hydroxylation is 1. The maximum Gasteiger partial charge on any atom is 0.420 e. The molecule has 2 aliphatic rings. The van der Waals surface area contributed by atoms with Gasteiger partial charge in [-0.05, 0) is 75.5 Å². The zero-order valence-electron chi connectivity index (χ0n) is 24.1. The molecule has 2 aromatic carbocycles. The molecule has 0 spiro atoms. The average Bonchev–Trinajstić information content (AvgIpc) is 3.69. The van der Waals surface area contributed by atoms with Gasteiger partial charge in [-0.3, -0.25) is 9.59 Å². The first kappa shape index (κ1) is 29.8. The van der Waals surface area contributed by atoms with E-state index in [1.807, 2.05) is 7.05 Å². The minimum atomic E-state index is -4.67. The Bertz CT molecular complexity index is 1710. The number of halogens is 3. The van der Waals surface area contributed by atoms with E-state index in [0.29, 0.717) is 47.0 Å². The number of benzene rings is 2. The van der Waals surface area contributed by atoms with Crippen LogP contribution >= 0.6 is 11.3 Å². The number of carbonyl (C=O) groups excluding carboxylic acids is 2. The molecule has 0 bridgehead atoms. The SMILES string of the molecule is Cc1ccc(C(=O)Nc2ccc(OC3CCN(C)CC3)c(C(F)(F)F)c2)cc1NC(=O)c1csc2c(NC3CC3)ncnc12. The van der Waals surface area contributed by atoms with Crippen molar-refractivity contribution in [3.05, 3.63) is 70.4 Å². The number of alkyl halides is 3. The van der Waals surface area contributed by atoms with Crippen molar-refractivity contribution in [1.29, 1.82) is 0 Å². The molecule has 44 heavy (non-hydrogen) atoms. The third kappa shape index (κ3) is 6.63. The molecule has 230 valence electrons. The van der Waals surface area contributed by atoms with Gasteiger partial charge in [-0.15, -0.1) is 11.3 Å². The highest BCUT2D eigenvalue weighted by Crippen LogP contribution is 2.39. The van der Waals surface area contributed by atoms with Crippen molar-refractivity contribution in [2.75, 3.05) is 36.1 Å². The third-order valence-electron chi connectivity index (χ3n) is 7.77. The Morgan fingerprint density at radius 3 is 2.50 bits per heavy atom. The predicted molar refractivity (Wildman–Crippen MR) is 164 cm³/mol. The highest BCUT2D eigenvalue weighted by molar-refractivity contribution is 7.18. The van der Waals surface area contributed by atoms with Gasteiger partial charge in [-0.2, -0.15) is 13.2 Å². The summed E-state index contributed by atoms with van der Waals surface area (Å²) in [4.78, 5) is 37.1. The molecule has 0 radical (unpaired) electrons. The van der Waals surface area contributed by atoms with Crippen LogP contribution in [0.2, 0.25) is 0 Å². The maximum absolute atomic E-state index is 14.0. The molecular weight excluding hydrogens is 593 g/mol. The van der Waals surface area contributed by atoms with Crippen molar-refractivity contribution in [2.45, 2.75) is 50.9 Å². The Kier molecular flexibility index (Phi) is 8.16. The summed E-state index contributed by atoms with van der Waals surface area (Å²) in [5.74, 6) is -0.580. The highest BCUT2D eigenvalue weighted by Gasteiger charge is 2.36. The van der Waals surface area contributed by atoms with Crippen LogP contribution in [0.4, 0.5) is 30.4 Å². The molecule has 13 heteroatoms. The Hall–Kier alpha value is -4.23. The van der Waals surface area contributed by atoms with E-state index in [-0.39, 0.29) is 23.1 Å². The summed E-state index contributed by atoms with van der Waals surface area (Å²) in [6, 6.07) is 8.62. The molecule has 0 atom stereocenters. The van der Waals surface area contributed by atoms with E-state index in [2.05, 4.69) is 30.8 Å². The molecule has 3 N–H and O–H groups in total. The number of aromatic nitrogens is 2. The Labute approximate surface area is 255 Å². The van der Waals surface area contributed by atoms with Gasteiger partial charge in [0.05, 0.1) is 21.3 Å². The van der Waals surface area contributed by atoms with Gasteiger partial charge >= 0.3 is 6.18 Å². The van der Waals surface area contributed by atoms with Gasteiger partial charge in [-0.25, -0.2) is 9.97 Å². The van der Waals surface area contributed by atoms with Crippen molar-refractivity contribution >= 4 is 50.6 Å². The second-order valence-corrected chi connectivity index (χ2v) is 12.1. The van der Waals surface area contributed by atoms with Crippen LogP contribution in [0.5, 0.6) is 5.75 Å². The van der Waals surface area contributed by atoms with E-state index in [1.165, 1.54) is 35.9 Å². The lowest BCUT2D eigenvalue weighted by atomic mass is 10.1. The first-order valence-corrected chi connectivity index (χ1v) is 15.2. The lowest BCUT2D eigenvalue weighted by Crippen LogP contribution is -2.36. The molecule has 9 nitrogen and oxygen atoms in total. The molecule has 0 unspecified atom stereocenters. The minimum absolute atomic E-state index is 0.0238. The summed E-state index contributed by atoms with van der Waals surface area (Å²) in [5, 5.41) is 10.5. The lowest BCUT2D eigenvalue weighted by molar-refractivity contribution is -0.139. The zero-order valence-corrected chi connectivity index (χ0v) is 24.9. The van der Waals surface area contributed by atoms with Gasteiger partial charge in [0.1, 0.15) is 24.0 Å². The van der Waals surface area contributed by atoms with Gasteiger partial charge in [0.25, 0.3) is 11.8 Å². The number of ether oxygens (including phenoxy) is 1. The van der Waals surface area contributed by atoms with E-state index in [1.54, 1.807) is 24.4 Å². The van der Waals surface area contributed by atoms with E-state index >= 15 is 0 Å². The second-order valence-electron chi connectivity index (χ2n) is 11.2.